The van der Waals surface area contributed by atoms with Gasteiger partial charge in [0.05, 0.1) is 5.92 Å². The minimum Gasteiger partial charge on any atom is -0.481 e. The zero-order chi connectivity index (χ0) is 11.3. The van der Waals surface area contributed by atoms with E-state index in [-0.39, 0.29) is 6.54 Å². The van der Waals surface area contributed by atoms with Crippen molar-refractivity contribution < 1.29 is 9.90 Å². The van der Waals surface area contributed by atoms with Gasteiger partial charge in [-0.15, -0.1) is 11.8 Å². The quantitative estimate of drug-likeness (QED) is 0.747. The summed E-state index contributed by atoms with van der Waals surface area (Å²) in [6, 6.07) is 7.89. The number of rotatable bonds is 5. The van der Waals surface area contributed by atoms with Gasteiger partial charge < -0.3 is 10.8 Å². The molecule has 3 N–H and O–H groups in total. The van der Waals surface area contributed by atoms with Crippen molar-refractivity contribution in [2.75, 3.05) is 12.8 Å². The summed E-state index contributed by atoms with van der Waals surface area (Å²) < 4.78 is 0. The lowest BCUT2D eigenvalue weighted by atomic mass is 10.00. The van der Waals surface area contributed by atoms with Gasteiger partial charge in [0.2, 0.25) is 0 Å². The van der Waals surface area contributed by atoms with Gasteiger partial charge in [0.1, 0.15) is 0 Å². The van der Waals surface area contributed by atoms with E-state index in [0.29, 0.717) is 6.42 Å². The molecule has 0 aliphatic rings. The number of carboxylic acid groups (broad SMARTS) is 1. The molecule has 3 nitrogen and oxygen atoms in total. The van der Waals surface area contributed by atoms with Crippen LogP contribution in [0.2, 0.25) is 0 Å². The van der Waals surface area contributed by atoms with Crippen LogP contribution in [0.15, 0.2) is 29.2 Å². The van der Waals surface area contributed by atoms with Crippen LogP contribution in [0.1, 0.15) is 5.56 Å². The van der Waals surface area contributed by atoms with E-state index in [4.69, 9.17) is 10.8 Å². The summed E-state index contributed by atoms with van der Waals surface area (Å²) in [5.41, 5.74) is 6.43. The average Bonchev–Trinajstić information content (AvgIpc) is 2.25. The Morgan fingerprint density at radius 3 is 2.87 bits per heavy atom. The first-order valence-electron chi connectivity index (χ1n) is 4.73. The molecule has 0 bridgehead atoms. The number of hydrogen-bond donors (Lipinski definition) is 2. The standard InChI is InChI=1S/C11H15NO2S/c1-15-10-4-2-3-8(6-10)5-9(7-12)11(13)14/h2-4,6,9H,5,7,12H2,1H3,(H,13,14)/t9-/m0/s1. The fraction of sp³-hybridized carbons (Fsp3) is 0.364. The maximum absolute atomic E-state index is 10.8. The number of thioether (sulfide) groups is 1. The van der Waals surface area contributed by atoms with Gasteiger partial charge in [0.15, 0.2) is 0 Å². The Hall–Kier alpha value is -1.00. The number of nitrogens with two attached hydrogens (primary N) is 1. The second-order valence-electron chi connectivity index (χ2n) is 3.33. The molecule has 0 aliphatic carbocycles. The van der Waals surface area contributed by atoms with E-state index in [0.717, 1.165) is 10.5 Å². The fourth-order valence-corrected chi connectivity index (χ4v) is 1.84. The molecule has 0 spiro atoms. The SMILES string of the molecule is CSc1cccc(C[C@@H](CN)C(=O)O)c1. The van der Waals surface area contributed by atoms with Gasteiger partial charge in [-0.3, -0.25) is 4.79 Å². The molecule has 1 aromatic rings. The Balaban J connectivity index is 2.74. The predicted octanol–water partition coefficient (Wildman–Crippen LogP) is 1.61. The lowest BCUT2D eigenvalue weighted by Crippen LogP contribution is -2.25. The third kappa shape index (κ3) is 3.57. The molecular weight excluding hydrogens is 210 g/mol. The summed E-state index contributed by atoms with van der Waals surface area (Å²) >= 11 is 1.65. The highest BCUT2D eigenvalue weighted by atomic mass is 32.2. The maximum Gasteiger partial charge on any atom is 0.308 e. The van der Waals surface area contributed by atoms with Gasteiger partial charge in [-0.25, -0.2) is 0 Å². The summed E-state index contributed by atoms with van der Waals surface area (Å²) in [5, 5.41) is 8.88. The number of benzene rings is 1. The molecule has 0 heterocycles. The summed E-state index contributed by atoms with van der Waals surface area (Å²) in [6.07, 6.45) is 2.50. The Morgan fingerprint density at radius 1 is 1.60 bits per heavy atom. The predicted molar refractivity (Wildman–Crippen MR) is 62.1 cm³/mol. The van der Waals surface area contributed by atoms with Gasteiger partial charge >= 0.3 is 5.97 Å². The van der Waals surface area contributed by atoms with Crippen LogP contribution in [0.4, 0.5) is 0 Å². The smallest absolute Gasteiger partial charge is 0.308 e. The van der Waals surface area contributed by atoms with E-state index >= 15 is 0 Å². The second-order valence-corrected chi connectivity index (χ2v) is 4.21. The Bertz CT molecular complexity index is 341. The molecular formula is C11H15NO2S. The molecule has 0 fully saturated rings. The van der Waals surface area contributed by atoms with Crippen molar-refractivity contribution in [3.8, 4) is 0 Å². The van der Waals surface area contributed by atoms with Crippen molar-refractivity contribution in [1.82, 2.24) is 0 Å². The normalized spacial score (nSPS) is 12.4. The van der Waals surface area contributed by atoms with Gasteiger partial charge in [0, 0.05) is 11.4 Å². The summed E-state index contributed by atoms with van der Waals surface area (Å²) in [6.45, 7) is 0.179. The molecule has 0 amide bonds. The maximum atomic E-state index is 10.8. The molecule has 0 unspecified atom stereocenters. The van der Waals surface area contributed by atoms with Crippen molar-refractivity contribution in [1.29, 1.82) is 0 Å². The third-order valence-corrected chi connectivity index (χ3v) is 2.98. The van der Waals surface area contributed by atoms with E-state index in [1.54, 1.807) is 11.8 Å². The molecule has 1 rings (SSSR count). The van der Waals surface area contributed by atoms with Crippen LogP contribution in [0.5, 0.6) is 0 Å². The van der Waals surface area contributed by atoms with Gasteiger partial charge in [-0.1, -0.05) is 12.1 Å². The first kappa shape index (κ1) is 12.1. The lowest BCUT2D eigenvalue weighted by molar-refractivity contribution is -0.141. The molecule has 4 heteroatoms. The third-order valence-electron chi connectivity index (χ3n) is 2.25. The molecule has 82 valence electrons. The van der Waals surface area contributed by atoms with Gasteiger partial charge in [0.25, 0.3) is 0 Å². The number of hydrogen-bond acceptors (Lipinski definition) is 3. The highest BCUT2D eigenvalue weighted by Crippen LogP contribution is 2.17. The highest BCUT2D eigenvalue weighted by Gasteiger charge is 2.15. The first-order chi connectivity index (χ1) is 7.17. The van der Waals surface area contributed by atoms with Crippen LogP contribution in [0.3, 0.4) is 0 Å². The van der Waals surface area contributed by atoms with Crippen LogP contribution in [0.25, 0.3) is 0 Å². The molecule has 1 aromatic carbocycles. The second kappa shape index (κ2) is 5.78. The van der Waals surface area contributed by atoms with Gasteiger partial charge in [-0.05, 0) is 30.4 Å². The highest BCUT2D eigenvalue weighted by molar-refractivity contribution is 7.98. The minimum absolute atomic E-state index is 0.179. The first-order valence-corrected chi connectivity index (χ1v) is 5.95. The number of carbonyl (C=O) groups is 1. The zero-order valence-electron chi connectivity index (χ0n) is 8.64. The molecule has 0 aliphatic heterocycles. The number of aliphatic carboxylic acids is 1. The van der Waals surface area contributed by atoms with Crippen LogP contribution in [-0.2, 0) is 11.2 Å². The van der Waals surface area contributed by atoms with Crippen molar-refractivity contribution in [2.45, 2.75) is 11.3 Å². The number of carboxylic acids is 1. The van der Waals surface area contributed by atoms with E-state index in [1.807, 2.05) is 30.5 Å². The molecule has 0 saturated heterocycles. The van der Waals surface area contributed by atoms with Crippen molar-refractivity contribution >= 4 is 17.7 Å². The summed E-state index contributed by atoms with van der Waals surface area (Å²) in [5.74, 6) is -1.31. The summed E-state index contributed by atoms with van der Waals surface area (Å²) in [7, 11) is 0. The summed E-state index contributed by atoms with van der Waals surface area (Å²) in [4.78, 5) is 12.0. The molecule has 0 radical (unpaired) electrons. The Labute approximate surface area is 93.7 Å². The van der Waals surface area contributed by atoms with Crippen LogP contribution in [0, 0.1) is 5.92 Å². The topological polar surface area (TPSA) is 63.3 Å². The molecule has 0 aromatic heterocycles. The van der Waals surface area contributed by atoms with E-state index < -0.39 is 11.9 Å². The van der Waals surface area contributed by atoms with Gasteiger partial charge in [-0.2, -0.15) is 0 Å². The van der Waals surface area contributed by atoms with E-state index in [1.165, 1.54) is 0 Å². The van der Waals surface area contributed by atoms with Crippen LogP contribution < -0.4 is 5.73 Å². The van der Waals surface area contributed by atoms with Crippen molar-refractivity contribution in [3.63, 3.8) is 0 Å². The van der Waals surface area contributed by atoms with Crippen LogP contribution in [-0.4, -0.2) is 23.9 Å². The van der Waals surface area contributed by atoms with E-state index in [9.17, 15) is 4.79 Å². The lowest BCUT2D eigenvalue weighted by Gasteiger charge is -2.10. The minimum atomic E-state index is -0.827. The van der Waals surface area contributed by atoms with E-state index in [2.05, 4.69) is 0 Å². The largest absolute Gasteiger partial charge is 0.481 e. The van der Waals surface area contributed by atoms with Crippen LogP contribution >= 0.6 is 11.8 Å². The molecule has 15 heavy (non-hydrogen) atoms. The van der Waals surface area contributed by atoms with Crippen molar-refractivity contribution in [2.24, 2.45) is 11.7 Å². The molecule has 1 atom stereocenters. The monoisotopic (exact) mass is 225 g/mol. The Morgan fingerprint density at radius 2 is 2.33 bits per heavy atom. The average molecular weight is 225 g/mol. The fourth-order valence-electron chi connectivity index (χ4n) is 1.36. The zero-order valence-corrected chi connectivity index (χ0v) is 9.46. The Kier molecular flexibility index (Phi) is 4.65. The molecule has 0 saturated carbocycles. The van der Waals surface area contributed by atoms with Crippen molar-refractivity contribution in [3.05, 3.63) is 29.8 Å².